The van der Waals surface area contributed by atoms with Crippen molar-refractivity contribution >= 4 is 23.2 Å². The first-order chi connectivity index (χ1) is 12.2. The molecule has 0 radical (unpaired) electrons. The minimum absolute atomic E-state index is 0.230. The maximum Gasteiger partial charge on any atom is 0.292 e. The van der Waals surface area contributed by atoms with Gasteiger partial charge in [-0.25, -0.2) is 0 Å². The Bertz CT molecular complexity index is 800. The van der Waals surface area contributed by atoms with Crippen LogP contribution in [0.2, 0.25) is 5.02 Å². The highest BCUT2D eigenvalue weighted by atomic mass is 35.5. The van der Waals surface area contributed by atoms with E-state index in [1.54, 1.807) is 18.1 Å². The molecule has 2 aliphatic rings. The van der Waals surface area contributed by atoms with E-state index in [9.17, 15) is 4.79 Å². The molecule has 1 amide bonds. The number of hydrogen-bond acceptors (Lipinski definition) is 4. The van der Waals surface area contributed by atoms with Crippen LogP contribution in [0.5, 0.6) is 5.75 Å². The van der Waals surface area contributed by atoms with Crippen LogP contribution < -0.4 is 9.64 Å². The summed E-state index contributed by atoms with van der Waals surface area (Å²) in [6, 6.07) is 13.0. The summed E-state index contributed by atoms with van der Waals surface area (Å²) in [5.74, 6) is -0.832. The molecule has 0 atom stereocenters. The number of hydrogen-bond donors (Lipinski definition) is 0. The molecule has 0 N–H and O–H groups in total. The number of carbonyl (C=O) groups is 1. The van der Waals surface area contributed by atoms with E-state index in [0.717, 1.165) is 17.7 Å². The lowest BCUT2D eigenvalue weighted by molar-refractivity contribution is -0.256. The van der Waals surface area contributed by atoms with Crippen molar-refractivity contribution in [2.45, 2.75) is 18.8 Å². The third kappa shape index (κ3) is 2.59. The number of amides is 1. The van der Waals surface area contributed by atoms with Gasteiger partial charge in [0.15, 0.2) is 0 Å². The van der Waals surface area contributed by atoms with Crippen LogP contribution in [0.3, 0.4) is 0 Å². The number of carbonyl (C=O) groups excluding carboxylic acids is 1. The van der Waals surface area contributed by atoms with Gasteiger partial charge in [-0.15, -0.1) is 0 Å². The first-order valence-electron chi connectivity index (χ1n) is 8.17. The Labute approximate surface area is 151 Å². The van der Waals surface area contributed by atoms with Gasteiger partial charge in [-0.05, 0) is 30.2 Å². The molecule has 2 aromatic carbocycles. The van der Waals surface area contributed by atoms with Gasteiger partial charge in [0.2, 0.25) is 0 Å². The van der Waals surface area contributed by atoms with Gasteiger partial charge < -0.3 is 19.1 Å². The largest absolute Gasteiger partial charge is 0.497 e. The highest BCUT2D eigenvalue weighted by molar-refractivity contribution is 6.34. The molecule has 1 saturated heterocycles. The van der Waals surface area contributed by atoms with Crippen LogP contribution in [0.25, 0.3) is 0 Å². The monoisotopic (exact) mass is 359 g/mol. The summed E-state index contributed by atoms with van der Waals surface area (Å²) in [6.07, 6.45) is 0.767. The van der Waals surface area contributed by atoms with Gasteiger partial charge in [0.1, 0.15) is 5.75 Å². The van der Waals surface area contributed by atoms with E-state index in [0.29, 0.717) is 36.0 Å². The van der Waals surface area contributed by atoms with Crippen molar-refractivity contribution in [3.8, 4) is 5.75 Å². The molecule has 4 rings (SSSR count). The molecule has 2 aromatic rings. The van der Waals surface area contributed by atoms with Gasteiger partial charge >= 0.3 is 0 Å². The van der Waals surface area contributed by atoms with E-state index in [2.05, 4.69) is 0 Å². The Balaban J connectivity index is 1.74. The Morgan fingerprint density at radius 1 is 1.16 bits per heavy atom. The quantitative estimate of drug-likeness (QED) is 0.841. The normalized spacial score (nSPS) is 18.5. The summed E-state index contributed by atoms with van der Waals surface area (Å²) >= 11 is 6.42. The number of benzene rings is 2. The first kappa shape index (κ1) is 16.4. The first-order valence-corrected chi connectivity index (χ1v) is 8.55. The van der Waals surface area contributed by atoms with Crippen molar-refractivity contribution in [1.82, 2.24) is 0 Å². The van der Waals surface area contributed by atoms with Crippen molar-refractivity contribution in [2.24, 2.45) is 0 Å². The van der Waals surface area contributed by atoms with Gasteiger partial charge in [-0.1, -0.05) is 35.9 Å². The lowest BCUT2D eigenvalue weighted by atomic mass is 10.1. The van der Waals surface area contributed by atoms with Crippen molar-refractivity contribution in [3.63, 3.8) is 0 Å². The minimum Gasteiger partial charge on any atom is -0.497 e. The lowest BCUT2D eigenvalue weighted by Crippen LogP contribution is -2.47. The number of para-hydroxylation sites is 1. The zero-order valence-corrected chi connectivity index (χ0v) is 14.6. The Morgan fingerprint density at radius 3 is 2.56 bits per heavy atom. The Hall–Kier alpha value is -2.08. The van der Waals surface area contributed by atoms with Gasteiger partial charge in [0.05, 0.1) is 37.6 Å². The topological polar surface area (TPSA) is 48.0 Å². The summed E-state index contributed by atoms with van der Waals surface area (Å²) < 4.78 is 16.8. The fourth-order valence-electron chi connectivity index (χ4n) is 3.33. The smallest absolute Gasteiger partial charge is 0.292 e. The Morgan fingerprint density at radius 2 is 1.88 bits per heavy atom. The van der Waals surface area contributed by atoms with Crippen molar-refractivity contribution < 1.29 is 19.0 Å². The molecule has 1 spiro atoms. The van der Waals surface area contributed by atoms with Gasteiger partial charge in [-0.3, -0.25) is 4.79 Å². The molecular weight excluding hydrogens is 342 g/mol. The van der Waals surface area contributed by atoms with Gasteiger partial charge in [0.25, 0.3) is 11.7 Å². The molecule has 0 saturated carbocycles. The predicted octanol–water partition coefficient (Wildman–Crippen LogP) is 3.49. The molecule has 130 valence electrons. The zero-order valence-electron chi connectivity index (χ0n) is 13.8. The van der Waals surface area contributed by atoms with E-state index in [1.807, 2.05) is 36.4 Å². The zero-order chi connectivity index (χ0) is 17.4. The standard InChI is InChI=1S/C19H18ClNO4/c1-23-14-8-6-13(7-9-14)12-21-17-15(4-2-5-16(17)20)19(18(21)22)24-10-3-11-25-19/h2,4-9H,3,10-12H2,1H3. The van der Waals surface area contributed by atoms with E-state index < -0.39 is 5.79 Å². The second kappa shape index (κ2) is 6.33. The molecule has 0 aliphatic carbocycles. The molecule has 5 nitrogen and oxygen atoms in total. The van der Waals surface area contributed by atoms with Crippen LogP contribution in [0.15, 0.2) is 42.5 Å². The molecule has 25 heavy (non-hydrogen) atoms. The average molecular weight is 360 g/mol. The molecule has 0 aromatic heterocycles. The minimum atomic E-state index is -1.37. The maximum atomic E-state index is 13.2. The number of rotatable bonds is 3. The number of nitrogens with zero attached hydrogens (tertiary/aromatic N) is 1. The Kier molecular flexibility index (Phi) is 4.15. The molecule has 0 bridgehead atoms. The number of methoxy groups -OCH3 is 1. The van der Waals surface area contributed by atoms with Crippen LogP contribution in [0.1, 0.15) is 17.5 Å². The summed E-state index contributed by atoms with van der Waals surface area (Å²) in [5.41, 5.74) is 2.30. The maximum absolute atomic E-state index is 13.2. The van der Waals surface area contributed by atoms with Crippen molar-refractivity contribution in [3.05, 3.63) is 58.6 Å². The van der Waals surface area contributed by atoms with Crippen LogP contribution in [0, 0.1) is 0 Å². The lowest BCUT2D eigenvalue weighted by Gasteiger charge is -2.32. The summed E-state index contributed by atoms with van der Waals surface area (Å²) in [4.78, 5) is 14.9. The molecule has 2 aliphatic heterocycles. The van der Waals surface area contributed by atoms with Gasteiger partial charge in [0, 0.05) is 5.56 Å². The number of fused-ring (bicyclic) bond motifs is 2. The van der Waals surface area contributed by atoms with Crippen LogP contribution in [0.4, 0.5) is 5.69 Å². The third-order valence-electron chi connectivity index (χ3n) is 4.54. The third-order valence-corrected chi connectivity index (χ3v) is 4.84. The summed E-state index contributed by atoms with van der Waals surface area (Å²) in [6.45, 7) is 1.34. The van der Waals surface area contributed by atoms with Crippen LogP contribution in [-0.2, 0) is 26.6 Å². The summed E-state index contributed by atoms with van der Waals surface area (Å²) in [7, 11) is 1.62. The highest BCUT2D eigenvalue weighted by Crippen LogP contribution is 2.48. The second-order valence-electron chi connectivity index (χ2n) is 6.04. The SMILES string of the molecule is COc1ccc(CN2C(=O)C3(OCCCO3)c3cccc(Cl)c32)cc1. The number of anilines is 1. The van der Waals surface area contributed by atoms with Crippen LogP contribution >= 0.6 is 11.6 Å². The van der Waals surface area contributed by atoms with E-state index in [4.69, 9.17) is 25.8 Å². The molecule has 1 fully saturated rings. The predicted molar refractivity (Wildman–Crippen MR) is 93.8 cm³/mol. The second-order valence-corrected chi connectivity index (χ2v) is 6.45. The highest BCUT2D eigenvalue weighted by Gasteiger charge is 2.55. The van der Waals surface area contributed by atoms with Crippen molar-refractivity contribution in [1.29, 1.82) is 0 Å². The molecule has 6 heteroatoms. The molecule has 0 unspecified atom stereocenters. The van der Waals surface area contributed by atoms with Gasteiger partial charge in [-0.2, -0.15) is 0 Å². The van der Waals surface area contributed by atoms with Crippen LogP contribution in [-0.4, -0.2) is 26.2 Å². The van der Waals surface area contributed by atoms with E-state index >= 15 is 0 Å². The van der Waals surface area contributed by atoms with E-state index in [-0.39, 0.29) is 5.91 Å². The molecule has 2 heterocycles. The number of halogens is 1. The molecular formula is C19H18ClNO4. The fraction of sp³-hybridized carbons (Fsp3) is 0.316. The number of ether oxygens (including phenoxy) is 3. The van der Waals surface area contributed by atoms with E-state index in [1.165, 1.54) is 0 Å². The van der Waals surface area contributed by atoms with Crippen molar-refractivity contribution in [2.75, 3.05) is 25.2 Å². The summed E-state index contributed by atoms with van der Waals surface area (Å²) in [5, 5.41) is 0.508. The fourth-order valence-corrected chi connectivity index (χ4v) is 3.60. The average Bonchev–Trinajstić information content (AvgIpc) is 2.87.